The molecule has 0 spiro atoms. The van der Waals surface area contributed by atoms with E-state index in [1.165, 1.54) is 30.5 Å². The molecule has 0 aliphatic heterocycles. The quantitative estimate of drug-likeness (QED) is 0.744. The summed E-state index contributed by atoms with van der Waals surface area (Å²) in [6, 6.07) is 12.3. The lowest BCUT2D eigenvalue weighted by molar-refractivity contribution is -0.0498. The fourth-order valence-electron chi connectivity index (χ4n) is 2.42. The average molecular weight is 364 g/mol. The van der Waals surface area contributed by atoms with E-state index in [4.69, 9.17) is 0 Å². The third kappa shape index (κ3) is 3.69. The van der Waals surface area contributed by atoms with Gasteiger partial charge in [-0.05, 0) is 42.8 Å². The normalized spacial score (nSPS) is 11.7. The zero-order valence-corrected chi connectivity index (χ0v) is 13.9. The highest BCUT2D eigenvalue weighted by Crippen LogP contribution is 2.27. The predicted octanol–water partition coefficient (Wildman–Crippen LogP) is 3.95. The molecule has 0 aliphatic rings. The predicted molar refractivity (Wildman–Crippen MR) is 90.4 cm³/mol. The topological polar surface area (TPSA) is 68.3 Å². The number of para-hydroxylation sites is 1. The van der Waals surface area contributed by atoms with E-state index in [1.54, 1.807) is 31.2 Å². The number of rotatable bonds is 5. The van der Waals surface area contributed by atoms with Gasteiger partial charge in [-0.3, -0.25) is 9.71 Å². The summed E-state index contributed by atoms with van der Waals surface area (Å²) >= 11 is 0. The molecule has 0 aliphatic carbocycles. The van der Waals surface area contributed by atoms with Crippen molar-refractivity contribution in [3.05, 3.63) is 60.3 Å². The van der Waals surface area contributed by atoms with Gasteiger partial charge >= 0.3 is 6.61 Å². The van der Waals surface area contributed by atoms with Gasteiger partial charge < -0.3 is 4.74 Å². The second kappa shape index (κ2) is 6.64. The summed E-state index contributed by atoms with van der Waals surface area (Å²) in [5, 5.41) is 0.697. The van der Waals surface area contributed by atoms with Gasteiger partial charge in [-0.15, -0.1) is 0 Å². The van der Waals surface area contributed by atoms with Gasteiger partial charge in [-0.2, -0.15) is 8.78 Å². The molecule has 2 aromatic carbocycles. The zero-order valence-electron chi connectivity index (χ0n) is 13.1. The van der Waals surface area contributed by atoms with E-state index in [0.29, 0.717) is 16.5 Å². The number of halogens is 2. The van der Waals surface area contributed by atoms with E-state index in [9.17, 15) is 17.2 Å². The molecule has 130 valence electrons. The number of nitrogens with one attached hydrogen (secondary N) is 1. The maximum atomic E-state index is 12.7. The van der Waals surface area contributed by atoms with Gasteiger partial charge in [-0.25, -0.2) is 8.42 Å². The van der Waals surface area contributed by atoms with E-state index < -0.39 is 16.6 Å². The number of benzene rings is 2. The summed E-state index contributed by atoms with van der Waals surface area (Å²) in [4.78, 5) is 4.18. The van der Waals surface area contributed by atoms with Gasteiger partial charge in [0, 0.05) is 11.6 Å². The first-order chi connectivity index (χ1) is 11.9. The minimum atomic E-state index is -3.90. The lowest BCUT2D eigenvalue weighted by atomic mass is 10.2. The third-order valence-corrected chi connectivity index (χ3v) is 4.95. The summed E-state index contributed by atoms with van der Waals surface area (Å²) in [6.45, 7) is -1.35. The smallest absolute Gasteiger partial charge is 0.387 e. The first-order valence-corrected chi connectivity index (χ1v) is 8.77. The summed E-state index contributed by atoms with van der Waals surface area (Å²) in [5.41, 5.74) is 1.08. The molecule has 0 saturated heterocycles. The van der Waals surface area contributed by atoms with Crippen LogP contribution in [0.1, 0.15) is 5.56 Å². The second-order valence-corrected chi connectivity index (χ2v) is 6.94. The largest absolute Gasteiger partial charge is 0.435 e. The molecular weight excluding hydrogens is 350 g/mol. The Morgan fingerprint density at radius 3 is 2.60 bits per heavy atom. The molecule has 8 heteroatoms. The van der Waals surface area contributed by atoms with Gasteiger partial charge in [0.1, 0.15) is 10.6 Å². The highest BCUT2D eigenvalue weighted by Gasteiger charge is 2.19. The lowest BCUT2D eigenvalue weighted by Crippen LogP contribution is -2.14. The number of sulfonamides is 1. The van der Waals surface area contributed by atoms with Crippen LogP contribution in [0.3, 0.4) is 0 Å². The summed E-state index contributed by atoms with van der Waals surface area (Å²) in [5.74, 6) is -0.0396. The maximum absolute atomic E-state index is 12.7. The third-order valence-electron chi connectivity index (χ3n) is 3.55. The molecule has 1 heterocycles. The number of alkyl halides is 2. The van der Waals surface area contributed by atoms with Crippen molar-refractivity contribution in [3.8, 4) is 5.75 Å². The van der Waals surface area contributed by atoms with E-state index in [-0.39, 0.29) is 16.3 Å². The number of hydrogen-bond acceptors (Lipinski definition) is 4. The second-order valence-electron chi connectivity index (χ2n) is 5.29. The van der Waals surface area contributed by atoms with Crippen LogP contribution in [-0.2, 0) is 10.0 Å². The van der Waals surface area contributed by atoms with Gasteiger partial charge in [0.25, 0.3) is 10.0 Å². The Bertz CT molecular complexity index is 1020. The van der Waals surface area contributed by atoms with Crippen molar-refractivity contribution in [2.45, 2.75) is 18.4 Å². The molecule has 5 nitrogen and oxygen atoms in total. The summed E-state index contributed by atoms with van der Waals surface area (Å²) < 4.78 is 56.7. The fraction of sp³-hybridized carbons (Fsp3) is 0.118. The van der Waals surface area contributed by atoms with Crippen molar-refractivity contribution in [3.63, 3.8) is 0 Å². The molecule has 0 bridgehead atoms. The van der Waals surface area contributed by atoms with Gasteiger partial charge in [0.2, 0.25) is 0 Å². The van der Waals surface area contributed by atoms with Crippen LogP contribution >= 0.6 is 0 Å². The van der Waals surface area contributed by atoms with Crippen LogP contribution in [0.25, 0.3) is 10.9 Å². The molecule has 0 radical (unpaired) electrons. The van der Waals surface area contributed by atoms with Crippen molar-refractivity contribution in [1.29, 1.82) is 0 Å². The highest BCUT2D eigenvalue weighted by molar-refractivity contribution is 7.93. The number of pyridine rings is 1. The van der Waals surface area contributed by atoms with E-state index in [2.05, 4.69) is 14.4 Å². The Labute approximate surface area is 143 Å². The highest BCUT2D eigenvalue weighted by atomic mass is 32.2. The van der Waals surface area contributed by atoms with Crippen LogP contribution in [0.4, 0.5) is 14.5 Å². The average Bonchev–Trinajstić information content (AvgIpc) is 2.56. The standard InChI is InChI=1S/C17H14F2N2O3S/c1-11-10-13(24-17(18)19)7-8-14(11)21-25(22,23)15-6-2-4-12-5-3-9-20-16(12)15/h2-10,17,21H,1H3. The Morgan fingerprint density at radius 1 is 1.12 bits per heavy atom. The van der Waals surface area contributed by atoms with Crippen LogP contribution in [0.5, 0.6) is 5.75 Å². The Morgan fingerprint density at radius 2 is 1.88 bits per heavy atom. The lowest BCUT2D eigenvalue weighted by Gasteiger charge is -2.13. The van der Waals surface area contributed by atoms with E-state index >= 15 is 0 Å². The van der Waals surface area contributed by atoms with Crippen molar-refractivity contribution in [2.75, 3.05) is 4.72 Å². The molecule has 0 amide bonds. The van der Waals surface area contributed by atoms with Gasteiger partial charge in [0.05, 0.1) is 11.2 Å². The maximum Gasteiger partial charge on any atom is 0.387 e. The fourth-order valence-corrected chi connectivity index (χ4v) is 3.73. The van der Waals surface area contributed by atoms with Crippen molar-refractivity contribution in [2.24, 2.45) is 0 Å². The first kappa shape index (κ1) is 17.1. The molecule has 25 heavy (non-hydrogen) atoms. The van der Waals surface area contributed by atoms with Crippen LogP contribution in [-0.4, -0.2) is 20.0 Å². The molecule has 0 saturated carbocycles. The van der Waals surface area contributed by atoms with Crippen molar-refractivity contribution >= 4 is 26.6 Å². The molecule has 0 fully saturated rings. The monoisotopic (exact) mass is 364 g/mol. The number of nitrogens with zero attached hydrogens (tertiary/aromatic N) is 1. The van der Waals surface area contributed by atoms with E-state index in [0.717, 1.165) is 0 Å². The number of aryl methyl sites for hydroxylation is 1. The van der Waals surface area contributed by atoms with Crippen molar-refractivity contribution < 1.29 is 21.9 Å². The Hall–Kier alpha value is -2.74. The number of fused-ring (bicyclic) bond motifs is 1. The number of ether oxygens (including phenoxy) is 1. The Balaban J connectivity index is 1.96. The Kier molecular flexibility index (Phi) is 4.54. The molecule has 0 unspecified atom stereocenters. The number of hydrogen-bond donors (Lipinski definition) is 1. The summed E-state index contributed by atoms with van der Waals surface area (Å²) in [6.07, 6.45) is 1.52. The first-order valence-electron chi connectivity index (χ1n) is 7.29. The van der Waals surface area contributed by atoms with Crippen molar-refractivity contribution in [1.82, 2.24) is 4.98 Å². The number of aromatic nitrogens is 1. The SMILES string of the molecule is Cc1cc(OC(F)F)ccc1NS(=O)(=O)c1cccc2cccnc12. The molecule has 3 rings (SSSR count). The van der Waals surface area contributed by atoms with Gasteiger partial charge in [0.15, 0.2) is 0 Å². The van der Waals surface area contributed by atoms with E-state index in [1.807, 2.05) is 0 Å². The van der Waals surface area contributed by atoms with Gasteiger partial charge in [-0.1, -0.05) is 18.2 Å². The molecule has 1 N–H and O–H groups in total. The zero-order chi connectivity index (χ0) is 18.0. The van der Waals surface area contributed by atoms with Crippen LogP contribution in [0.2, 0.25) is 0 Å². The van der Waals surface area contributed by atoms with Crippen LogP contribution < -0.4 is 9.46 Å². The minimum Gasteiger partial charge on any atom is -0.435 e. The summed E-state index contributed by atoms with van der Waals surface area (Å²) in [7, 11) is -3.90. The minimum absolute atomic E-state index is 0.0396. The molecule has 0 atom stereocenters. The van der Waals surface area contributed by atoms with Crippen LogP contribution in [0, 0.1) is 6.92 Å². The number of anilines is 1. The molecule has 3 aromatic rings. The van der Waals surface area contributed by atoms with Crippen LogP contribution in [0.15, 0.2) is 59.6 Å². The molecular formula is C17H14F2N2O3S. The molecule has 1 aromatic heterocycles.